The van der Waals surface area contributed by atoms with Gasteiger partial charge >= 0.3 is 0 Å². The van der Waals surface area contributed by atoms with Crippen LogP contribution in [0.5, 0.6) is 0 Å². The lowest BCUT2D eigenvalue weighted by atomic mass is 9.91. The van der Waals surface area contributed by atoms with Gasteiger partial charge in [0.25, 0.3) is 0 Å². The molecule has 2 nitrogen and oxygen atoms in total. The van der Waals surface area contributed by atoms with Gasteiger partial charge in [-0.15, -0.1) is 11.3 Å². The summed E-state index contributed by atoms with van der Waals surface area (Å²) in [7, 11) is 0. The quantitative estimate of drug-likeness (QED) is 0.846. The van der Waals surface area contributed by atoms with Crippen LogP contribution < -0.4 is 11.1 Å². The molecule has 0 spiro atoms. The first-order valence-corrected chi connectivity index (χ1v) is 7.16. The first kappa shape index (κ1) is 12.1. The molecule has 1 aromatic heterocycles. The molecule has 1 fully saturated rings. The van der Waals surface area contributed by atoms with E-state index < -0.39 is 0 Å². The van der Waals surface area contributed by atoms with Crippen LogP contribution in [0, 0.1) is 0 Å². The van der Waals surface area contributed by atoms with Crippen LogP contribution in [0.15, 0.2) is 17.5 Å². The highest BCUT2D eigenvalue weighted by Gasteiger charge is 2.20. The number of rotatable bonds is 4. The van der Waals surface area contributed by atoms with Crippen LogP contribution in [0.1, 0.15) is 37.5 Å². The maximum Gasteiger partial charge on any atom is 0.00896 e. The van der Waals surface area contributed by atoms with E-state index in [9.17, 15) is 0 Å². The average Bonchev–Trinajstić information content (AvgIpc) is 2.70. The van der Waals surface area contributed by atoms with E-state index >= 15 is 0 Å². The largest absolute Gasteiger partial charge is 0.328 e. The highest BCUT2D eigenvalue weighted by atomic mass is 32.1. The van der Waals surface area contributed by atoms with Crippen molar-refractivity contribution in [1.29, 1.82) is 0 Å². The second-order valence-electron chi connectivity index (χ2n) is 4.97. The van der Waals surface area contributed by atoms with Gasteiger partial charge in [0.05, 0.1) is 0 Å². The summed E-state index contributed by atoms with van der Waals surface area (Å²) in [5.74, 6) is 0. The van der Waals surface area contributed by atoms with Gasteiger partial charge in [0, 0.05) is 23.0 Å². The Morgan fingerprint density at radius 2 is 2.44 bits per heavy atom. The van der Waals surface area contributed by atoms with Crippen molar-refractivity contribution in [3.8, 4) is 0 Å². The Morgan fingerprint density at radius 1 is 1.56 bits per heavy atom. The van der Waals surface area contributed by atoms with Gasteiger partial charge < -0.3 is 11.1 Å². The maximum absolute atomic E-state index is 6.00. The van der Waals surface area contributed by atoms with Gasteiger partial charge in [0.1, 0.15) is 0 Å². The van der Waals surface area contributed by atoms with Crippen molar-refractivity contribution < 1.29 is 0 Å². The Hall–Kier alpha value is -0.380. The van der Waals surface area contributed by atoms with Gasteiger partial charge in [-0.25, -0.2) is 0 Å². The third-order valence-corrected chi connectivity index (χ3v) is 4.22. The molecule has 3 unspecified atom stereocenters. The third kappa shape index (κ3) is 3.58. The van der Waals surface area contributed by atoms with E-state index in [0.29, 0.717) is 18.1 Å². The molecule has 1 saturated carbocycles. The van der Waals surface area contributed by atoms with E-state index in [1.165, 1.54) is 24.1 Å². The Morgan fingerprint density at radius 3 is 3.12 bits per heavy atom. The number of nitrogens with one attached hydrogen (secondary N) is 1. The van der Waals surface area contributed by atoms with Crippen LogP contribution in [-0.2, 0) is 6.42 Å². The number of thiophene rings is 1. The lowest BCUT2D eigenvalue weighted by Gasteiger charge is -2.30. The number of hydrogen-bond donors (Lipinski definition) is 2. The predicted molar refractivity (Wildman–Crippen MR) is 70.9 cm³/mol. The summed E-state index contributed by atoms with van der Waals surface area (Å²) < 4.78 is 0. The summed E-state index contributed by atoms with van der Waals surface area (Å²) in [6, 6.07) is 5.96. The van der Waals surface area contributed by atoms with Gasteiger partial charge in [0.15, 0.2) is 0 Å². The molecule has 1 aliphatic carbocycles. The molecule has 0 saturated heterocycles. The lowest BCUT2D eigenvalue weighted by molar-refractivity contribution is 0.316. The SMILES string of the molecule is CC(Cc1cccs1)NC1CCCC(N)C1. The van der Waals surface area contributed by atoms with Crippen LogP contribution in [0.2, 0.25) is 0 Å². The average molecular weight is 238 g/mol. The minimum Gasteiger partial charge on any atom is -0.328 e. The zero-order chi connectivity index (χ0) is 11.4. The lowest BCUT2D eigenvalue weighted by Crippen LogP contribution is -2.43. The zero-order valence-electron chi connectivity index (χ0n) is 9.99. The normalized spacial score (nSPS) is 27.9. The van der Waals surface area contributed by atoms with E-state index in [0.717, 1.165) is 12.8 Å². The molecule has 3 atom stereocenters. The summed E-state index contributed by atoms with van der Waals surface area (Å²) >= 11 is 1.85. The third-order valence-electron chi connectivity index (χ3n) is 3.32. The molecule has 0 bridgehead atoms. The highest BCUT2D eigenvalue weighted by Crippen LogP contribution is 2.18. The topological polar surface area (TPSA) is 38.0 Å². The van der Waals surface area contributed by atoms with Gasteiger partial charge in [-0.2, -0.15) is 0 Å². The number of hydrogen-bond acceptors (Lipinski definition) is 3. The zero-order valence-corrected chi connectivity index (χ0v) is 10.8. The maximum atomic E-state index is 6.00. The Balaban J connectivity index is 1.76. The van der Waals surface area contributed by atoms with E-state index in [2.05, 4.69) is 29.8 Å². The molecule has 3 heteroatoms. The standard InChI is InChI=1S/C13H22N2S/c1-10(8-13-6-3-7-16-13)15-12-5-2-4-11(14)9-12/h3,6-7,10-12,15H,2,4-5,8-9,14H2,1H3. The summed E-state index contributed by atoms with van der Waals surface area (Å²) in [5, 5.41) is 5.87. The second-order valence-corrected chi connectivity index (χ2v) is 6.01. The fourth-order valence-electron chi connectivity index (χ4n) is 2.57. The Labute approximate surface area is 102 Å². The van der Waals surface area contributed by atoms with Crippen molar-refractivity contribution >= 4 is 11.3 Å². The van der Waals surface area contributed by atoms with Crippen LogP contribution >= 0.6 is 11.3 Å². The van der Waals surface area contributed by atoms with Crippen LogP contribution in [0.4, 0.5) is 0 Å². The van der Waals surface area contributed by atoms with Gasteiger partial charge in [-0.1, -0.05) is 12.5 Å². The molecule has 0 radical (unpaired) electrons. The summed E-state index contributed by atoms with van der Waals surface area (Å²) in [5.41, 5.74) is 6.00. The van der Waals surface area contributed by atoms with Crippen LogP contribution in [0.3, 0.4) is 0 Å². The summed E-state index contributed by atoms with van der Waals surface area (Å²) in [4.78, 5) is 1.47. The molecule has 1 aromatic rings. The van der Waals surface area contributed by atoms with E-state index in [1.807, 2.05) is 11.3 Å². The first-order chi connectivity index (χ1) is 7.74. The molecule has 2 rings (SSSR count). The van der Waals surface area contributed by atoms with Gasteiger partial charge in [-0.05, 0) is 44.1 Å². The molecule has 16 heavy (non-hydrogen) atoms. The molecule has 90 valence electrons. The molecule has 1 heterocycles. The molecule has 0 aliphatic heterocycles. The predicted octanol–water partition coefficient (Wildman–Crippen LogP) is 2.54. The molecular formula is C13H22N2S. The van der Waals surface area contributed by atoms with Crippen molar-refractivity contribution in [2.45, 2.75) is 57.2 Å². The molecular weight excluding hydrogens is 216 g/mol. The van der Waals surface area contributed by atoms with Crippen molar-refractivity contribution in [3.63, 3.8) is 0 Å². The van der Waals surface area contributed by atoms with Crippen molar-refractivity contribution in [3.05, 3.63) is 22.4 Å². The van der Waals surface area contributed by atoms with Gasteiger partial charge in [0.2, 0.25) is 0 Å². The van der Waals surface area contributed by atoms with Crippen molar-refractivity contribution in [2.24, 2.45) is 5.73 Å². The number of nitrogens with two attached hydrogens (primary N) is 1. The minimum absolute atomic E-state index is 0.417. The van der Waals surface area contributed by atoms with Crippen molar-refractivity contribution in [2.75, 3.05) is 0 Å². The van der Waals surface area contributed by atoms with Crippen molar-refractivity contribution in [1.82, 2.24) is 5.32 Å². The van der Waals surface area contributed by atoms with E-state index in [-0.39, 0.29) is 0 Å². The van der Waals surface area contributed by atoms with Gasteiger partial charge in [-0.3, -0.25) is 0 Å². The molecule has 1 aliphatic rings. The first-order valence-electron chi connectivity index (χ1n) is 6.28. The summed E-state index contributed by atoms with van der Waals surface area (Å²) in [6.45, 7) is 2.28. The molecule has 3 N–H and O–H groups in total. The highest BCUT2D eigenvalue weighted by molar-refractivity contribution is 7.09. The molecule has 0 aromatic carbocycles. The smallest absolute Gasteiger partial charge is 0.00896 e. The van der Waals surface area contributed by atoms with Crippen LogP contribution in [0.25, 0.3) is 0 Å². The van der Waals surface area contributed by atoms with E-state index in [1.54, 1.807) is 0 Å². The molecule has 0 amide bonds. The Kier molecular flexibility index (Phi) is 4.38. The second kappa shape index (κ2) is 5.80. The van der Waals surface area contributed by atoms with Crippen LogP contribution in [-0.4, -0.2) is 18.1 Å². The fraction of sp³-hybridized carbons (Fsp3) is 0.692. The Bertz CT molecular complexity index is 297. The summed E-state index contributed by atoms with van der Waals surface area (Å²) in [6.07, 6.45) is 6.07. The van der Waals surface area contributed by atoms with E-state index in [4.69, 9.17) is 5.73 Å². The fourth-order valence-corrected chi connectivity index (χ4v) is 3.41. The monoisotopic (exact) mass is 238 g/mol. The minimum atomic E-state index is 0.417.